The van der Waals surface area contributed by atoms with Crippen LogP contribution in [0.15, 0.2) is 59.0 Å². The van der Waals surface area contributed by atoms with Crippen molar-refractivity contribution in [2.24, 2.45) is 0 Å². The van der Waals surface area contributed by atoms with Crippen molar-refractivity contribution in [2.45, 2.75) is 25.2 Å². The number of benzene rings is 2. The normalized spacial score (nSPS) is 11.1. The summed E-state index contributed by atoms with van der Waals surface area (Å²) in [7, 11) is 0. The first-order chi connectivity index (χ1) is 13.8. The van der Waals surface area contributed by atoms with E-state index < -0.39 is 11.9 Å². The van der Waals surface area contributed by atoms with Crippen LogP contribution in [0.5, 0.6) is 0 Å². The van der Waals surface area contributed by atoms with Gasteiger partial charge in [-0.1, -0.05) is 17.7 Å². The van der Waals surface area contributed by atoms with Crippen LogP contribution < -0.4 is 10.6 Å². The number of halogens is 1. The summed E-state index contributed by atoms with van der Waals surface area (Å²) < 4.78 is 0. The Labute approximate surface area is 178 Å². The number of carbonyl (C=O) groups excluding carboxylic acids is 2. The van der Waals surface area contributed by atoms with Crippen molar-refractivity contribution >= 4 is 52.5 Å². The van der Waals surface area contributed by atoms with Gasteiger partial charge in [0.2, 0.25) is 11.8 Å². The summed E-state index contributed by atoms with van der Waals surface area (Å²) in [6.45, 7) is 3.21. The van der Waals surface area contributed by atoms with Gasteiger partial charge in [-0.2, -0.15) is 0 Å². The van der Waals surface area contributed by atoms with Crippen molar-refractivity contribution in [3.63, 3.8) is 0 Å². The molecule has 0 fully saturated rings. The maximum Gasteiger partial charge on any atom is 0.331 e. The molecule has 0 unspecified atom stereocenters. The molecule has 0 aromatic heterocycles. The van der Waals surface area contributed by atoms with E-state index >= 15 is 0 Å². The van der Waals surface area contributed by atoms with Gasteiger partial charge in [0.15, 0.2) is 0 Å². The van der Waals surface area contributed by atoms with Gasteiger partial charge in [-0.05, 0) is 55.8 Å². The zero-order chi connectivity index (χ0) is 21.4. The first-order valence-corrected chi connectivity index (χ1v) is 10.1. The zero-order valence-corrected chi connectivity index (χ0v) is 17.6. The fourth-order valence-corrected chi connectivity index (χ4v) is 3.31. The van der Waals surface area contributed by atoms with Gasteiger partial charge >= 0.3 is 5.97 Å². The number of carboxylic acids is 1. The standard InChI is InChI=1S/C21H21ClN2O4S/c1-13(21(27)28)12-20(26)23-15-6-8-16(9-7-15)29-11-10-19(25)24-18-5-3-4-17(22)14(18)2/h3-9,12H,10-11H2,1-2H3,(H,23,26)(H,24,25)(H,27,28)/b13-12+. The topological polar surface area (TPSA) is 95.5 Å². The van der Waals surface area contributed by atoms with Gasteiger partial charge in [-0.25, -0.2) is 4.79 Å². The van der Waals surface area contributed by atoms with Crippen molar-refractivity contribution in [2.75, 3.05) is 16.4 Å². The lowest BCUT2D eigenvalue weighted by atomic mass is 10.2. The molecule has 0 saturated heterocycles. The van der Waals surface area contributed by atoms with E-state index in [1.807, 2.05) is 25.1 Å². The van der Waals surface area contributed by atoms with E-state index in [9.17, 15) is 14.4 Å². The minimum atomic E-state index is -1.14. The number of hydrogen-bond donors (Lipinski definition) is 3. The average molecular weight is 433 g/mol. The van der Waals surface area contributed by atoms with Crippen LogP contribution in [0, 0.1) is 6.92 Å². The summed E-state index contributed by atoms with van der Waals surface area (Å²) in [5.41, 5.74) is 2.06. The average Bonchev–Trinajstić information content (AvgIpc) is 2.66. The van der Waals surface area contributed by atoms with Crippen molar-refractivity contribution in [3.05, 3.63) is 64.7 Å². The van der Waals surface area contributed by atoms with E-state index in [2.05, 4.69) is 10.6 Å². The second kappa shape index (κ2) is 10.7. The Balaban J connectivity index is 1.80. The van der Waals surface area contributed by atoms with Crippen LogP contribution in [0.3, 0.4) is 0 Å². The SMILES string of the molecule is C/C(=C\C(=O)Nc1ccc(SCCC(=O)Nc2cccc(Cl)c2C)cc1)C(=O)O. The Morgan fingerprint density at radius 3 is 2.45 bits per heavy atom. The maximum absolute atomic E-state index is 12.1. The largest absolute Gasteiger partial charge is 0.478 e. The smallest absolute Gasteiger partial charge is 0.331 e. The van der Waals surface area contributed by atoms with Crippen LogP contribution in [0.4, 0.5) is 11.4 Å². The molecular weight excluding hydrogens is 412 g/mol. The van der Waals surface area contributed by atoms with Crippen LogP contribution in [-0.4, -0.2) is 28.6 Å². The van der Waals surface area contributed by atoms with E-state index in [4.69, 9.17) is 16.7 Å². The predicted octanol–water partition coefficient (Wildman–Crippen LogP) is 4.74. The molecule has 6 nitrogen and oxygen atoms in total. The summed E-state index contributed by atoms with van der Waals surface area (Å²) in [5.74, 6) is -1.13. The number of thioether (sulfide) groups is 1. The molecule has 2 aromatic carbocycles. The lowest BCUT2D eigenvalue weighted by Gasteiger charge is -2.09. The van der Waals surface area contributed by atoms with Gasteiger partial charge in [0, 0.05) is 45.1 Å². The molecule has 0 atom stereocenters. The molecule has 3 N–H and O–H groups in total. The van der Waals surface area contributed by atoms with Crippen LogP contribution >= 0.6 is 23.4 Å². The highest BCUT2D eigenvalue weighted by Gasteiger charge is 2.08. The number of nitrogens with one attached hydrogen (secondary N) is 2. The molecule has 8 heteroatoms. The summed E-state index contributed by atoms with van der Waals surface area (Å²) in [4.78, 5) is 35.5. The van der Waals surface area contributed by atoms with Gasteiger partial charge < -0.3 is 15.7 Å². The van der Waals surface area contributed by atoms with Gasteiger partial charge in [-0.3, -0.25) is 9.59 Å². The molecular formula is C21H21ClN2O4S. The number of aliphatic carboxylic acids is 1. The van der Waals surface area contributed by atoms with Crippen molar-refractivity contribution in [1.29, 1.82) is 0 Å². The Bertz CT molecular complexity index is 942. The quantitative estimate of drug-likeness (QED) is 0.413. The van der Waals surface area contributed by atoms with Gasteiger partial charge in [-0.15, -0.1) is 11.8 Å². The maximum atomic E-state index is 12.1. The van der Waals surface area contributed by atoms with Gasteiger partial charge in [0.1, 0.15) is 0 Å². The second-order valence-electron chi connectivity index (χ2n) is 6.21. The first-order valence-electron chi connectivity index (χ1n) is 8.76. The summed E-state index contributed by atoms with van der Waals surface area (Å²) in [5, 5.41) is 14.9. The molecule has 2 rings (SSSR count). The third kappa shape index (κ3) is 7.29. The summed E-state index contributed by atoms with van der Waals surface area (Å²) in [6, 6.07) is 12.5. The van der Waals surface area contributed by atoms with Gasteiger partial charge in [0.05, 0.1) is 0 Å². The van der Waals surface area contributed by atoms with Crippen LogP contribution in [-0.2, 0) is 14.4 Å². The molecule has 29 heavy (non-hydrogen) atoms. The molecule has 0 saturated carbocycles. The van der Waals surface area contributed by atoms with Crippen molar-refractivity contribution in [1.82, 2.24) is 0 Å². The minimum Gasteiger partial charge on any atom is -0.478 e. The van der Waals surface area contributed by atoms with E-state index in [0.29, 0.717) is 28.6 Å². The monoisotopic (exact) mass is 432 g/mol. The van der Waals surface area contributed by atoms with E-state index in [1.165, 1.54) is 18.7 Å². The third-order valence-corrected chi connectivity index (χ3v) is 5.37. The molecule has 152 valence electrons. The van der Waals surface area contributed by atoms with Crippen molar-refractivity contribution in [3.8, 4) is 0 Å². The van der Waals surface area contributed by atoms with E-state index in [1.54, 1.807) is 24.3 Å². The molecule has 2 amide bonds. The van der Waals surface area contributed by atoms with Crippen LogP contribution in [0.2, 0.25) is 5.02 Å². The first kappa shape index (κ1) is 22.5. The summed E-state index contributed by atoms with van der Waals surface area (Å²) in [6.07, 6.45) is 1.37. The minimum absolute atomic E-state index is 0.0408. The number of rotatable bonds is 8. The number of amides is 2. The lowest BCUT2D eigenvalue weighted by molar-refractivity contribution is -0.132. The molecule has 0 aliphatic rings. The highest BCUT2D eigenvalue weighted by atomic mass is 35.5. The Kier molecular flexibility index (Phi) is 8.30. The molecule has 0 bridgehead atoms. The number of hydrogen-bond acceptors (Lipinski definition) is 4. The Morgan fingerprint density at radius 2 is 1.79 bits per heavy atom. The van der Waals surface area contributed by atoms with Gasteiger partial charge in [0.25, 0.3) is 0 Å². The second-order valence-corrected chi connectivity index (χ2v) is 7.78. The predicted molar refractivity (Wildman–Crippen MR) is 117 cm³/mol. The molecule has 2 aromatic rings. The number of carboxylic acid groups (broad SMARTS) is 1. The lowest BCUT2D eigenvalue weighted by Crippen LogP contribution is -2.13. The Morgan fingerprint density at radius 1 is 1.10 bits per heavy atom. The summed E-state index contributed by atoms with van der Waals surface area (Å²) >= 11 is 7.57. The third-order valence-electron chi connectivity index (χ3n) is 3.95. The highest BCUT2D eigenvalue weighted by Crippen LogP contribution is 2.24. The molecule has 0 spiro atoms. The molecule has 0 heterocycles. The van der Waals surface area contributed by atoms with E-state index in [-0.39, 0.29) is 11.5 Å². The fraction of sp³-hybridized carbons (Fsp3) is 0.190. The number of carbonyl (C=O) groups is 3. The number of anilines is 2. The molecule has 0 aliphatic carbocycles. The zero-order valence-electron chi connectivity index (χ0n) is 16.0. The fourth-order valence-electron chi connectivity index (χ4n) is 2.29. The molecule has 0 aliphatic heterocycles. The van der Waals surface area contributed by atoms with Crippen LogP contribution in [0.1, 0.15) is 18.9 Å². The van der Waals surface area contributed by atoms with Crippen molar-refractivity contribution < 1.29 is 19.5 Å². The van der Waals surface area contributed by atoms with Crippen LogP contribution in [0.25, 0.3) is 0 Å². The van der Waals surface area contributed by atoms with E-state index in [0.717, 1.165) is 16.5 Å². The molecule has 0 radical (unpaired) electrons. The Hall–Kier alpha value is -2.77. The highest BCUT2D eigenvalue weighted by molar-refractivity contribution is 7.99.